The molecule has 5 N–H and O–H groups in total. The molecule has 0 spiro atoms. The third kappa shape index (κ3) is 3.30. The van der Waals surface area contributed by atoms with Gasteiger partial charge in [-0.3, -0.25) is 15.0 Å². The molecule has 1 aromatic rings. The van der Waals surface area contributed by atoms with Gasteiger partial charge in [0.05, 0.1) is 0 Å². The van der Waals surface area contributed by atoms with E-state index in [9.17, 15) is 9.59 Å². The molecular formula is C13H18N4O2. The molecule has 0 saturated carbocycles. The van der Waals surface area contributed by atoms with Gasteiger partial charge in [0.2, 0.25) is 11.8 Å². The van der Waals surface area contributed by atoms with Crippen molar-refractivity contribution in [3.05, 3.63) is 35.9 Å². The lowest BCUT2D eigenvalue weighted by molar-refractivity contribution is -0.128. The maximum atomic E-state index is 12.1. The van der Waals surface area contributed by atoms with Crippen molar-refractivity contribution in [2.24, 2.45) is 5.73 Å². The number of carbonyl (C=O) groups excluding carboxylic acids is 2. The van der Waals surface area contributed by atoms with Gasteiger partial charge >= 0.3 is 0 Å². The Kier molecular flexibility index (Phi) is 4.13. The van der Waals surface area contributed by atoms with Gasteiger partial charge in [0.15, 0.2) is 0 Å². The number of benzene rings is 1. The molecule has 1 aromatic carbocycles. The van der Waals surface area contributed by atoms with Gasteiger partial charge in [-0.2, -0.15) is 0 Å². The topological polar surface area (TPSA) is 96.2 Å². The highest BCUT2D eigenvalue weighted by atomic mass is 16.2. The minimum absolute atomic E-state index is 0.222. The maximum Gasteiger partial charge on any atom is 0.244 e. The lowest BCUT2D eigenvalue weighted by Crippen LogP contribution is -2.47. The van der Waals surface area contributed by atoms with Crippen molar-refractivity contribution in [1.29, 1.82) is 0 Å². The van der Waals surface area contributed by atoms with E-state index in [1.807, 2.05) is 13.0 Å². The van der Waals surface area contributed by atoms with Crippen LogP contribution in [-0.4, -0.2) is 23.9 Å². The van der Waals surface area contributed by atoms with Crippen LogP contribution in [0.3, 0.4) is 0 Å². The molecule has 19 heavy (non-hydrogen) atoms. The van der Waals surface area contributed by atoms with E-state index in [0.29, 0.717) is 12.0 Å². The molecule has 2 amide bonds. The molecule has 102 valence electrons. The highest BCUT2D eigenvalue weighted by Crippen LogP contribution is 2.13. The van der Waals surface area contributed by atoms with E-state index in [0.717, 1.165) is 0 Å². The predicted octanol–water partition coefficient (Wildman–Crippen LogP) is -0.416. The monoisotopic (exact) mass is 262 g/mol. The van der Waals surface area contributed by atoms with Crippen molar-refractivity contribution in [3.63, 3.8) is 0 Å². The van der Waals surface area contributed by atoms with Crippen molar-refractivity contribution in [1.82, 2.24) is 16.2 Å². The molecule has 0 aliphatic carbocycles. The second-order valence-corrected chi connectivity index (χ2v) is 4.73. The van der Waals surface area contributed by atoms with Gasteiger partial charge in [-0.05, 0) is 18.9 Å². The van der Waals surface area contributed by atoms with Crippen molar-refractivity contribution in [2.45, 2.75) is 31.5 Å². The highest BCUT2D eigenvalue weighted by Gasteiger charge is 2.29. The van der Waals surface area contributed by atoms with Gasteiger partial charge in [0.1, 0.15) is 12.1 Å². The lowest BCUT2D eigenvalue weighted by atomic mass is 10.1. The third-order valence-electron chi connectivity index (χ3n) is 3.11. The Labute approximate surface area is 111 Å². The molecule has 1 saturated heterocycles. The summed E-state index contributed by atoms with van der Waals surface area (Å²) in [5.41, 5.74) is 11.9. The SMILES string of the molecule is CC1CC(C(=O)NC(C(N)=O)c2ccccc2)NN1. The van der Waals surface area contributed by atoms with Crippen LogP contribution in [-0.2, 0) is 9.59 Å². The molecule has 2 rings (SSSR count). The summed E-state index contributed by atoms with van der Waals surface area (Å²) in [6.45, 7) is 1.98. The Morgan fingerprint density at radius 1 is 1.32 bits per heavy atom. The Balaban J connectivity index is 2.05. The molecule has 1 fully saturated rings. The zero-order valence-electron chi connectivity index (χ0n) is 10.7. The Hall–Kier alpha value is -1.92. The number of hydrazine groups is 1. The Morgan fingerprint density at radius 2 is 2.00 bits per heavy atom. The number of nitrogens with two attached hydrogens (primary N) is 1. The second kappa shape index (κ2) is 5.81. The van der Waals surface area contributed by atoms with E-state index in [1.54, 1.807) is 24.3 Å². The number of amides is 2. The summed E-state index contributed by atoms with van der Waals surface area (Å²) in [7, 11) is 0. The number of nitrogens with one attached hydrogen (secondary N) is 3. The number of primary amides is 1. The first kappa shape index (κ1) is 13.5. The minimum atomic E-state index is -0.800. The van der Waals surface area contributed by atoms with Crippen LogP contribution >= 0.6 is 0 Å². The van der Waals surface area contributed by atoms with Gasteiger partial charge in [0, 0.05) is 6.04 Å². The molecule has 3 unspecified atom stereocenters. The van der Waals surface area contributed by atoms with Gasteiger partial charge in [-0.25, -0.2) is 5.43 Å². The zero-order chi connectivity index (χ0) is 13.8. The average Bonchev–Trinajstić information content (AvgIpc) is 2.83. The van der Waals surface area contributed by atoms with Crippen molar-refractivity contribution < 1.29 is 9.59 Å². The molecule has 6 nitrogen and oxygen atoms in total. The molecule has 3 atom stereocenters. The minimum Gasteiger partial charge on any atom is -0.368 e. The van der Waals surface area contributed by atoms with E-state index >= 15 is 0 Å². The van der Waals surface area contributed by atoms with Crippen LogP contribution in [0.5, 0.6) is 0 Å². The summed E-state index contributed by atoms with van der Waals surface area (Å²) in [5.74, 6) is -0.803. The summed E-state index contributed by atoms with van der Waals surface area (Å²) in [6.07, 6.45) is 0.673. The number of rotatable bonds is 4. The highest BCUT2D eigenvalue weighted by molar-refractivity contribution is 5.89. The first-order valence-electron chi connectivity index (χ1n) is 6.23. The lowest BCUT2D eigenvalue weighted by Gasteiger charge is -2.18. The molecule has 0 aromatic heterocycles. The van der Waals surface area contributed by atoms with Crippen LogP contribution in [0.1, 0.15) is 24.9 Å². The molecule has 1 aliphatic rings. The van der Waals surface area contributed by atoms with Gasteiger partial charge in [-0.1, -0.05) is 30.3 Å². The summed E-state index contributed by atoms with van der Waals surface area (Å²) in [6, 6.07) is 8.04. The molecule has 1 heterocycles. The summed E-state index contributed by atoms with van der Waals surface area (Å²) in [4.78, 5) is 23.5. The van der Waals surface area contributed by atoms with E-state index in [1.165, 1.54) is 0 Å². The van der Waals surface area contributed by atoms with Gasteiger partial charge in [-0.15, -0.1) is 0 Å². The standard InChI is InChI=1S/C13H18N4O2/c1-8-7-10(17-16-8)13(19)15-11(12(14)18)9-5-3-2-4-6-9/h2-6,8,10-11,16-17H,7H2,1H3,(H2,14,18)(H,15,19). The fraction of sp³-hybridized carbons (Fsp3) is 0.385. The summed E-state index contributed by atoms with van der Waals surface area (Å²) in [5, 5.41) is 2.68. The van der Waals surface area contributed by atoms with Crippen molar-refractivity contribution >= 4 is 11.8 Å². The Bertz CT molecular complexity index is 463. The van der Waals surface area contributed by atoms with Crippen LogP contribution in [0.4, 0.5) is 0 Å². The fourth-order valence-corrected chi connectivity index (χ4v) is 2.09. The number of carbonyl (C=O) groups is 2. The van der Waals surface area contributed by atoms with E-state index in [-0.39, 0.29) is 18.0 Å². The summed E-state index contributed by atoms with van der Waals surface area (Å²) >= 11 is 0. The second-order valence-electron chi connectivity index (χ2n) is 4.73. The van der Waals surface area contributed by atoms with Crippen LogP contribution in [0, 0.1) is 0 Å². The first-order valence-corrected chi connectivity index (χ1v) is 6.23. The van der Waals surface area contributed by atoms with Crippen LogP contribution in [0.15, 0.2) is 30.3 Å². The Morgan fingerprint density at radius 3 is 2.53 bits per heavy atom. The quantitative estimate of drug-likeness (QED) is 0.593. The van der Waals surface area contributed by atoms with Crippen LogP contribution < -0.4 is 21.9 Å². The normalized spacial score (nSPS) is 23.8. The summed E-state index contributed by atoms with van der Waals surface area (Å²) < 4.78 is 0. The molecule has 1 aliphatic heterocycles. The first-order chi connectivity index (χ1) is 9.08. The number of hydrogen-bond acceptors (Lipinski definition) is 4. The largest absolute Gasteiger partial charge is 0.368 e. The smallest absolute Gasteiger partial charge is 0.244 e. The van der Waals surface area contributed by atoms with E-state index in [2.05, 4.69) is 16.2 Å². The third-order valence-corrected chi connectivity index (χ3v) is 3.11. The average molecular weight is 262 g/mol. The molecule has 0 radical (unpaired) electrons. The molecular weight excluding hydrogens is 244 g/mol. The van der Waals surface area contributed by atoms with Gasteiger partial charge in [0.25, 0.3) is 0 Å². The zero-order valence-corrected chi connectivity index (χ0v) is 10.7. The van der Waals surface area contributed by atoms with Crippen molar-refractivity contribution in [3.8, 4) is 0 Å². The van der Waals surface area contributed by atoms with E-state index in [4.69, 9.17) is 5.73 Å². The van der Waals surface area contributed by atoms with Crippen LogP contribution in [0.2, 0.25) is 0 Å². The number of hydrogen-bond donors (Lipinski definition) is 4. The fourth-order valence-electron chi connectivity index (χ4n) is 2.09. The van der Waals surface area contributed by atoms with E-state index < -0.39 is 11.9 Å². The molecule has 0 bridgehead atoms. The maximum absolute atomic E-state index is 12.1. The van der Waals surface area contributed by atoms with Gasteiger partial charge < -0.3 is 11.1 Å². The van der Waals surface area contributed by atoms with Crippen LogP contribution in [0.25, 0.3) is 0 Å². The van der Waals surface area contributed by atoms with Crippen molar-refractivity contribution in [2.75, 3.05) is 0 Å². The predicted molar refractivity (Wildman–Crippen MR) is 70.7 cm³/mol. The molecule has 6 heteroatoms.